The first-order chi connectivity index (χ1) is 6.36. The molecular weight excluding hydrogens is 180 g/mol. The molecule has 0 heterocycles. The Morgan fingerprint density at radius 3 is 2.36 bits per heavy atom. The van der Waals surface area contributed by atoms with Gasteiger partial charge in [-0.3, -0.25) is 4.79 Å². The molecule has 0 amide bonds. The zero-order valence-electron chi connectivity index (χ0n) is 9.63. The topological polar surface area (TPSA) is 52.6 Å². The van der Waals surface area contributed by atoms with Gasteiger partial charge in [0, 0.05) is 0 Å². The van der Waals surface area contributed by atoms with Gasteiger partial charge >= 0.3 is 5.97 Å². The number of carboxylic acids is 1. The third kappa shape index (κ3) is 5.94. The molecule has 0 saturated heterocycles. The highest BCUT2D eigenvalue weighted by atomic mass is 16.4. The molecule has 0 atom stereocenters. The number of nitrogens with one attached hydrogen (secondary N) is 1. The number of hydrogen-bond donors (Lipinski definition) is 2. The van der Waals surface area contributed by atoms with Gasteiger partial charge in [0.25, 0.3) is 0 Å². The van der Waals surface area contributed by atoms with Gasteiger partial charge in [-0.2, -0.15) is 0 Å². The van der Waals surface area contributed by atoms with Crippen LogP contribution in [0.15, 0.2) is 0 Å². The van der Waals surface area contributed by atoms with Crippen LogP contribution in [0.4, 0.5) is 0 Å². The van der Waals surface area contributed by atoms with Gasteiger partial charge in [-0.15, -0.1) is 0 Å². The van der Waals surface area contributed by atoms with Crippen molar-refractivity contribution < 1.29 is 9.90 Å². The summed E-state index contributed by atoms with van der Waals surface area (Å²) in [7, 11) is 4.07. The number of unbranched alkanes of at least 4 members (excludes halogenated alkanes) is 1. The van der Waals surface area contributed by atoms with Crippen LogP contribution in [0.1, 0.15) is 26.7 Å². The van der Waals surface area contributed by atoms with Crippen LogP contribution in [0.25, 0.3) is 0 Å². The van der Waals surface area contributed by atoms with E-state index < -0.39 is 11.5 Å². The lowest BCUT2D eigenvalue weighted by molar-refractivity contribution is -0.143. The molecule has 0 aliphatic heterocycles. The van der Waals surface area contributed by atoms with Gasteiger partial charge in [-0.25, -0.2) is 0 Å². The second kappa shape index (κ2) is 5.98. The number of carbonyl (C=O) groups is 1. The van der Waals surface area contributed by atoms with Gasteiger partial charge < -0.3 is 15.3 Å². The molecule has 0 radical (unpaired) electrons. The van der Waals surface area contributed by atoms with Crippen molar-refractivity contribution in [2.45, 2.75) is 32.2 Å². The van der Waals surface area contributed by atoms with Crippen molar-refractivity contribution in [1.29, 1.82) is 0 Å². The summed E-state index contributed by atoms with van der Waals surface area (Å²) in [6.45, 7) is 5.17. The molecule has 0 saturated carbocycles. The van der Waals surface area contributed by atoms with Crippen LogP contribution in [0.5, 0.6) is 0 Å². The van der Waals surface area contributed by atoms with E-state index >= 15 is 0 Å². The summed E-state index contributed by atoms with van der Waals surface area (Å²) in [5.74, 6) is -0.801. The Kier molecular flexibility index (Phi) is 5.72. The quantitative estimate of drug-likeness (QED) is 0.599. The maximum absolute atomic E-state index is 10.7. The van der Waals surface area contributed by atoms with E-state index in [4.69, 9.17) is 5.11 Å². The number of aliphatic carboxylic acids is 1. The Morgan fingerprint density at radius 2 is 1.93 bits per heavy atom. The van der Waals surface area contributed by atoms with E-state index in [1.807, 2.05) is 14.1 Å². The Balaban J connectivity index is 3.49. The molecule has 0 bridgehead atoms. The minimum Gasteiger partial charge on any atom is -0.480 e. The second-order valence-electron chi connectivity index (χ2n) is 4.37. The smallest absolute Gasteiger partial charge is 0.323 e. The minimum atomic E-state index is -0.807. The summed E-state index contributed by atoms with van der Waals surface area (Å²) >= 11 is 0. The number of rotatable bonds is 7. The van der Waals surface area contributed by atoms with Crippen molar-refractivity contribution in [1.82, 2.24) is 10.2 Å². The van der Waals surface area contributed by atoms with Crippen LogP contribution in [0.2, 0.25) is 0 Å². The molecule has 0 aromatic rings. The Morgan fingerprint density at radius 1 is 1.36 bits per heavy atom. The van der Waals surface area contributed by atoms with E-state index in [1.54, 1.807) is 13.8 Å². The minimum absolute atomic E-state index is 0.757. The van der Waals surface area contributed by atoms with Crippen LogP contribution in [0, 0.1) is 0 Å². The Labute approximate surface area is 86.3 Å². The highest BCUT2D eigenvalue weighted by molar-refractivity contribution is 5.77. The third-order valence-electron chi connectivity index (χ3n) is 2.13. The van der Waals surface area contributed by atoms with E-state index in [9.17, 15) is 4.79 Å². The van der Waals surface area contributed by atoms with E-state index in [2.05, 4.69) is 10.2 Å². The van der Waals surface area contributed by atoms with E-state index in [0.717, 1.165) is 25.9 Å². The number of hydrogen-bond acceptors (Lipinski definition) is 3. The molecule has 0 aliphatic rings. The molecule has 84 valence electrons. The molecule has 0 fully saturated rings. The molecule has 0 unspecified atom stereocenters. The fourth-order valence-corrected chi connectivity index (χ4v) is 1.03. The number of nitrogens with zero attached hydrogens (tertiary/aromatic N) is 1. The third-order valence-corrected chi connectivity index (χ3v) is 2.13. The SMILES string of the molecule is CN(C)CCCCNC(C)(C)C(=O)O. The summed E-state index contributed by atoms with van der Waals surface area (Å²) < 4.78 is 0. The van der Waals surface area contributed by atoms with E-state index in [0.29, 0.717) is 0 Å². The van der Waals surface area contributed by atoms with Crippen molar-refractivity contribution in [3.8, 4) is 0 Å². The van der Waals surface area contributed by atoms with Gasteiger partial charge in [-0.05, 0) is 53.9 Å². The monoisotopic (exact) mass is 202 g/mol. The van der Waals surface area contributed by atoms with E-state index in [1.165, 1.54) is 0 Å². The second-order valence-corrected chi connectivity index (χ2v) is 4.37. The Hall–Kier alpha value is -0.610. The van der Waals surface area contributed by atoms with Gasteiger partial charge in [0.2, 0.25) is 0 Å². The average Bonchev–Trinajstić information content (AvgIpc) is 2.02. The zero-order chi connectivity index (χ0) is 11.2. The maximum atomic E-state index is 10.7. The fourth-order valence-electron chi connectivity index (χ4n) is 1.03. The molecule has 2 N–H and O–H groups in total. The van der Waals surface area contributed by atoms with Crippen molar-refractivity contribution in [3.63, 3.8) is 0 Å². The van der Waals surface area contributed by atoms with Crippen LogP contribution in [-0.2, 0) is 4.79 Å². The lowest BCUT2D eigenvalue weighted by Gasteiger charge is -2.21. The average molecular weight is 202 g/mol. The van der Waals surface area contributed by atoms with Crippen molar-refractivity contribution in [2.75, 3.05) is 27.2 Å². The molecule has 0 spiro atoms. The standard InChI is InChI=1S/C10H22N2O2/c1-10(2,9(13)14)11-7-5-6-8-12(3)4/h11H,5-8H2,1-4H3,(H,13,14). The summed E-state index contributed by atoms with van der Waals surface area (Å²) in [6, 6.07) is 0. The van der Waals surface area contributed by atoms with Gasteiger partial charge in [0.05, 0.1) is 0 Å². The van der Waals surface area contributed by atoms with Crippen LogP contribution in [-0.4, -0.2) is 48.7 Å². The number of carboxylic acid groups (broad SMARTS) is 1. The summed E-state index contributed by atoms with van der Waals surface area (Å²) in [5, 5.41) is 11.8. The highest BCUT2D eigenvalue weighted by Gasteiger charge is 2.25. The van der Waals surface area contributed by atoms with Gasteiger partial charge in [-0.1, -0.05) is 0 Å². The van der Waals surface area contributed by atoms with Crippen LogP contribution in [0.3, 0.4) is 0 Å². The highest BCUT2D eigenvalue weighted by Crippen LogP contribution is 2.02. The predicted octanol–water partition coefficient (Wildman–Crippen LogP) is 0.781. The molecule has 4 heteroatoms. The fraction of sp³-hybridized carbons (Fsp3) is 0.900. The first-order valence-electron chi connectivity index (χ1n) is 4.99. The molecular formula is C10H22N2O2. The molecule has 0 aromatic heterocycles. The molecule has 0 aromatic carbocycles. The normalized spacial score (nSPS) is 12.1. The summed E-state index contributed by atoms with van der Waals surface area (Å²) in [5.41, 5.74) is -0.807. The Bertz CT molecular complexity index is 179. The largest absolute Gasteiger partial charge is 0.480 e. The lowest BCUT2D eigenvalue weighted by Crippen LogP contribution is -2.47. The van der Waals surface area contributed by atoms with Crippen molar-refractivity contribution >= 4 is 5.97 Å². The molecule has 0 aliphatic carbocycles. The first kappa shape index (κ1) is 13.4. The van der Waals surface area contributed by atoms with Crippen molar-refractivity contribution in [2.24, 2.45) is 0 Å². The predicted molar refractivity (Wildman–Crippen MR) is 57.5 cm³/mol. The van der Waals surface area contributed by atoms with Crippen LogP contribution >= 0.6 is 0 Å². The molecule has 14 heavy (non-hydrogen) atoms. The van der Waals surface area contributed by atoms with Gasteiger partial charge in [0.1, 0.15) is 5.54 Å². The molecule has 4 nitrogen and oxygen atoms in total. The lowest BCUT2D eigenvalue weighted by atomic mass is 10.1. The van der Waals surface area contributed by atoms with Crippen molar-refractivity contribution in [3.05, 3.63) is 0 Å². The molecule has 0 rings (SSSR count). The van der Waals surface area contributed by atoms with Crippen LogP contribution < -0.4 is 5.32 Å². The van der Waals surface area contributed by atoms with E-state index in [-0.39, 0.29) is 0 Å². The zero-order valence-corrected chi connectivity index (χ0v) is 9.63. The summed E-state index contributed by atoms with van der Waals surface area (Å²) in [4.78, 5) is 12.8. The first-order valence-corrected chi connectivity index (χ1v) is 4.99. The summed E-state index contributed by atoms with van der Waals surface area (Å²) in [6.07, 6.45) is 2.10. The van der Waals surface area contributed by atoms with Gasteiger partial charge in [0.15, 0.2) is 0 Å². The maximum Gasteiger partial charge on any atom is 0.323 e.